The maximum absolute atomic E-state index is 6.22. The molecule has 12 heavy (non-hydrogen) atoms. The van der Waals surface area contributed by atoms with E-state index in [1.807, 2.05) is 19.4 Å². The third kappa shape index (κ3) is 2.01. The van der Waals surface area contributed by atoms with E-state index < -0.39 is 0 Å². The SMILES string of the molecule is CCC(C)C(Cl)c1cnn(C)c1. The monoisotopic (exact) mass is 186 g/mol. The number of nitrogens with zero attached hydrogens (tertiary/aromatic N) is 2. The highest BCUT2D eigenvalue weighted by atomic mass is 35.5. The Hall–Kier alpha value is -0.500. The Morgan fingerprint density at radius 2 is 2.33 bits per heavy atom. The van der Waals surface area contributed by atoms with Crippen LogP contribution in [0.25, 0.3) is 0 Å². The number of hydrogen-bond acceptors (Lipinski definition) is 1. The summed E-state index contributed by atoms with van der Waals surface area (Å²) in [4.78, 5) is 0. The molecule has 0 aliphatic carbocycles. The van der Waals surface area contributed by atoms with Gasteiger partial charge < -0.3 is 0 Å². The van der Waals surface area contributed by atoms with Crippen molar-refractivity contribution in [3.8, 4) is 0 Å². The van der Waals surface area contributed by atoms with Crippen LogP contribution in [0.2, 0.25) is 0 Å². The van der Waals surface area contributed by atoms with Crippen molar-refractivity contribution < 1.29 is 0 Å². The summed E-state index contributed by atoms with van der Waals surface area (Å²) in [5.41, 5.74) is 1.12. The Morgan fingerprint density at radius 1 is 1.67 bits per heavy atom. The van der Waals surface area contributed by atoms with Crippen molar-refractivity contribution in [2.24, 2.45) is 13.0 Å². The van der Waals surface area contributed by atoms with Gasteiger partial charge in [0, 0.05) is 18.8 Å². The molecule has 0 saturated heterocycles. The lowest BCUT2D eigenvalue weighted by Gasteiger charge is -2.13. The van der Waals surface area contributed by atoms with Crippen molar-refractivity contribution in [1.82, 2.24) is 9.78 Å². The zero-order valence-corrected chi connectivity index (χ0v) is 8.54. The van der Waals surface area contributed by atoms with Crippen LogP contribution in [0.4, 0.5) is 0 Å². The van der Waals surface area contributed by atoms with E-state index >= 15 is 0 Å². The average molecular weight is 187 g/mol. The lowest BCUT2D eigenvalue weighted by atomic mass is 10.0. The van der Waals surface area contributed by atoms with Crippen LogP contribution < -0.4 is 0 Å². The Bertz CT molecular complexity index is 244. The van der Waals surface area contributed by atoms with E-state index in [-0.39, 0.29) is 5.38 Å². The highest BCUT2D eigenvalue weighted by Crippen LogP contribution is 2.29. The Labute approximate surface area is 78.5 Å². The summed E-state index contributed by atoms with van der Waals surface area (Å²) in [6.45, 7) is 4.31. The predicted octanol–water partition coefficient (Wildman–Crippen LogP) is 2.75. The van der Waals surface area contributed by atoms with Crippen LogP contribution in [-0.2, 0) is 7.05 Å². The van der Waals surface area contributed by atoms with Gasteiger partial charge >= 0.3 is 0 Å². The van der Waals surface area contributed by atoms with Gasteiger partial charge in [-0.25, -0.2) is 0 Å². The molecule has 3 heteroatoms. The molecule has 1 aromatic rings. The van der Waals surface area contributed by atoms with Gasteiger partial charge in [-0.05, 0) is 5.92 Å². The van der Waals surface area contributed by atoms with Gasteiger partial charge in [-0.2, -0.15) is 5.10 Å². The van der Waals surface area contributed by atoms with Crippen LogP contribution in [0.5, 0.6) is 0 Å². The number of rotatable bonds is 3. The molecule has 2 atom stereocenters. The van der Waals surface area contributed by atoms with E-state index in [0.717, 1.165) is 12.0 Å². The van der Waals surface area contributed by atoms with Gasteiger partial charge in [-0.1, -0.05) is 20.3 Å². The molecule has 0 bridgehead atoms. The minimum Gasteiger partial charge on any atom is -0.275 e. The molecule has 1 heterocycles. The van der Waals surface area contributed by atoms with E-state index in [1.165, 1.54) is 0 Å². The van der Waals surface area contributed by atoms with Gasteiger partial charge in [-0.3, -0.25) is 4.68 Å². The quantitative estimate of drug-likeness (QED) is 0.664. The minimum atomic E-state index is 0.101. The molecule has 0 saturated carbocycles. The number of aromatic nitrogens is 2. The normalized spacial score (nSPS) is 16.0. The summed E-state index contributed by atoms with van der Waals surface area (Å²) in [7, 11) is 1.91. The van der Waals surface area contributed by atoms with Gasteiger partial charge in [0.1, 0.15) is 0 Å². The molecule has 68 valence electrons. The maximum atomic E-state index is 6.22. The molecule has 0 amide bonds. The van der Waals surface area contributed by atoms with Gasteiger partial charge in [-0.15, -0.1) is 11.6 Å². The summed E-state index contributed by atoms with van der Waals surface area (Å²) in [5, 5.41) is 4.19. The molecule has 0 aliphatic rings. The molecule has 0 radical (unpaired) electrons. The summed E-state index contributed by atoms with van der Waals surface area (Å²) in [6.07, 6.45) is 4.91. The molecular weight excluding hydrogens is 172 g/mol. The van der Waals surface area contributed by atoms with Gasteiger partial charge in [0.05, 0.1) is 11.6 Å². The second kappa shape index (κ2) is 3.94. The van der Waals surface area contributed by atoms with Crippen LogP contribution >= 0.6 is 11.6 Å². The Morgan fingerprint density at radius 3 is 2.75 bits per heavy atom. The van der Waals surface area contributed by atoms with Crippen molar-refractivity contribution >= 4 is 11.6 Å². The lowest BCUT2D eigenvalue weighted by molar-refractivity contribution is 0.542. The number of halogens is 1. The summed E-state index contributed by atoms with van der Waals surface area (Å²) >= 11 is 6.22. The summed E-state index contributed by atoms with van der Waals surface area (Å²) in [6, 6.07) is 0. The topological polar surface area (TPSA) is 17.8 Å². The van der Waals surface area contributed by atoms with Crippen LogP contribution in [-0.4, -0.2) is 9.78 Å². The van der Waals surface area contributed by atoms with Crippen molar-refractivity contribution in [2.75, 3.05) is 0 Å². The van der Waals surface area contributed by atoms with Crippen molar-refractivity contribution in [1.29, 1.82) is 0 Å². The van der Waals surface area contributed by atoms with E-state index in [1.54, 1.807) is 4.68 Å². The van der Waals surface area contributed by atoms with Gasteiger partial charge in [0.2, 0.25) is 0 Å². The molecule has 1 rings (SSSR count). The first kappa shape index (κ1) is 9.59. The van der Waals surface area contributed by atoms with Gasteiger partial charge in [0.15, 0.2) is 0 Å². The fourth-order valence-corrected chi connectivity index (χ4v) is 1.41. The fraction of sp³-hybridized carbons (Fsp3) is 0.667. The molecule has 0 aromatic carbocycles. The molecule has 0 fully saturated rings. The fourth-order valence-electron chi connectivity index (χ4n) is 1.12. The van der Waals surface area contributed by atoms with Crippen LogP contribution in [0, 0.1) is 5.92 Å². The second-order valence-electron chi connectivity index (χ2n) is 3.23. The van der Waals surface area contributed by atoms with E-state index in [2.05, 4.69) is 18.9 Å². The zero-order chi connectivity index (χ0) is 9.14. The molecule has 2 nitrogen and oxygen atoms in total. The standard InChI is InChI=1S/C9H15ClN2/c1-4-7(2)9(10)8-5-11-12(3)6-8/h5-7,9H,4H2,1-3H3. The first-order valence-corrected chi connectivity index (χ1v) is 4.71. The number of aryl methyl sites for hydroxylation is 1. The molecule has 1 aromatic heterocycles. The lowest BCUT2D eigenvalue weighted by Crippen LogP contribution is -2.01. The molecule has 2 unspecified atom stereocenters. The second-order valence-corrected chi connectivity index (χ2v) is 3.70. The zero-order valence-electron chi connectivity index (χ0n) is 7.79. The van der Waals surface area contributed by atoms with Crippen LogP contribution in [0.15, 0.2) is 12.4 Å². The van der Waals surface area contributed by atoms with E-state index in [0.29, 0.717) is 5.92 Å². The van der Waals surface area contributed by atoms with Crippen molar-refractivity contribution in [3.63, 3.8) is 0 Å². The summed E-state index contributed by atoms with van der Waals surface area (Å²) in [5.74, 6) is 0.510. The summed E-state index contributed by atoms with van der Waals surface area (Å²) < 4.78 is 1.78. The predicted molar refractivity (Wildman–Crippen MR) is 51.3 cm³/mol. The maximum Gasteiger partial charge on any atom is 0.0641 e. The molecule has 0 N–H and O–H groups in total. The highest BCUT2D eigenvalue weighted by molar-refractivity contribution is 6.20. The Balaban J connectivity index is 2.70. The largest absolute Gasteiger partial charge is 0.275 e. The van der Waals surface area contributed by atoms with Crippen molar-refractivity contribution in [2.45, 2.75) is 25.6 Å². The molecule has 0 spiro atoms. The van der Waals surface area contributed by atoms with Crippen LogP contribution in [0.3, 0.4) is 0 Å². The Kier molecular flexibility index (Phi) is 3.15. The average Bonchev–Trinajstić information content (AvgIpc) is 2.49. The number of alkyl halides is 1. The minimum absolute atomic E-state index is 0.101. The molecular formula is C9H15ClN2. The van der Waals surface area contributed by atoms with E-state index in [4.69, 9.17) is 11.6 Å². The number of hydrogen-bond donors (Lipinski definition) is 0. The first-order chi connectivity index (χ1) is 5.65. The third-order valence-corrected chi connectivity index (χ3v) is 2.87. The van der Waals surface area contributed by atoms with Crippen LogP contribution in [0.1, 0.15) is 31.2 Å². The van der Waals surface area contributed by atoms with Gasteiger partial charge in [0.25, 0.3) is 0 Å². The first-order valence-electron chi connectivity index (χ1n) is 4.27. The van der Waals surface area contributed by atoms with Crippen molar-refractivity contribution in [3.05, 3.63) is 18.0 Å². The third-order valence-electron chi connectivity index (χ3n) is 2.19. The highest BCUT2D eigenvalue weighted by Gasteiger charge is 2.15. The smallest absolute Gasteiger partial charge is 0.0641 e. The molecule has 0 aliphatic heterocycles. The van der Waals surface area contributed by atoms with E-state index in [9.17, 15) is 0 Å².